The molecule has 1 saturated carbocycles. The molecule has 1 saturated heterocycles. The second kappa shape index (κ2) is 9.31. The summed E-state index contributed by atoms with van der Waals surface area (Å²) < 4.78 is 0. The predicted octanol–water partition coefficient (Wildman–Crippen LogP) is 2.54. The van der Waals surface area contributed by atoms with Crippen molar-refractivity contribution in [3.05, 3.63) is 11.2 Å². The van der Waals surface area contributed by atoms with Crippen molar-refractivity contribution >= 4 is 41.0 Å². The van der Waals surface area contributed by atoms with E-state index in [2.05, 4.69) is 21.8 Å². The van der Waals surface area contributed by atoms with Crippen LogP contribution in [0.5, 0.6) is 0 Å². The van der Waals surface area contributed by atoms with Gasteiger partial charge in [0, 0.05) is 50.7 Å². The molecule has 2 amide bonds. The number of anilines is 1. The molecule has 0 N–H and O–H groups in total. The number of hydrogen-bond acceptors (Lipinski definition) is 6. The summed E-state index contributed by atoms with van der Waals surface area (Å²) in [5, 5.41) is 0.874. The van der Waals surface area contributed by atoms with E-state index in [-0.39, 0.29) is 17.9 Å². The summed E-state index contributed by atoms with van der Waals surface area (Å²) in [6, 6.07) is 1.89. The van der Waals surface area contributed by atoms with Crippen molar-refractivity contribution in [1.82, 2.24) is 19.8 Å². The standard InChI is InChI=1S/C19H28ClN5O2S/c1-4-23(5-2)17(26)12-28-19-21-15(20)10-16(22-19)24-8-9-25(13(3)11-24)18(27)14-6-7-14/h10,13-14H,4-9,11-12H2,1-3H3. The molecule has 1 aliphatic heterocycles. The molecule has 28 heavy (non-hydrogen) atoms. The molecular weight excluding hydrogens is 398 g/mol. The highest BCUT2D eigenvalue weighted by molar-refractivity contribution is 7.99. The van der Waals surface area contributed by atoms with Crippen LogP contribution in [0.25, 0.3) is 0 Å². The van der Waals surface area contributed by atoms with Gasteiger partial charge in [0.25, 0.3) is 0 Å². The lowest BCUT2D eigenvalue weighted by Crippen LogP contribution is -2.54. The van der Waals surface area contributed by atoms with Crippen LogP contribution < -0.4 is 4.90 Å². The number of rotatable bonds is 7. The Labute approximate surface area is 175 Å². The van der Waals surface area contributed by atoms with Gasteiger partial charge in [0.2, 0.25) is 11.8 Å². The first-order valence-electron chi connectivity index (χ1n) is 9.93. The number of halogens is 1. The third-order valence-corrected chi connectivity index (χ3v) is 6.29. The van der Waals surface area contributed by atoms with Gasteiger partial charge in [0.05, 0.1) is 5.75 Å². The molecule has 0 spiro atoms. The first-order chi connectivity index (χ1) is 13.4. The van der Waals surface area contributed by atoms with Crippen LogP contribution in [0.3, 0.4) is 0 Å². The summed E-state index contributed by atoms with van der Waals surface area (Å²) in [6.45, 7) is 9.53. The Morgan fingerprint density at radius 2 is 1.96 bits per heavy atom. The van der Waals surface area contributed by atoms with Crippen molar-refractivity contribution in [2.75, 3.05) is 43.4 Å². The predicted molar refractivity (Wildman–Crippen MR) is 112 cm³/mol. The van der Waals surface area contributed by atoms with Crippen LogP contribution >= 0.6 is 23.4 Å². The molecule has 0 radical (unpaired) electrons. The van der Waals surface area contributed by atoms with Gasteiger partial charge in [-0.2, -0.15) is 0 Å². The Balaban J connectivity index is 1.63. The number of carbonyl (C=O) groups is 2. The number of amides is 2. The molecule has 0 aromatic carbocycles. The highest BCUT2D eigenvalue weighted by Crippen LogP contribution is 2.32. The van der Waals surface area contributed by atoms with E-state index in [1.165, 1.54) is 11.8 Å². The van der Waals surface area contributed by atoms with Crippen LogP contribution in [0.1, 0.15) is 33.6 Å². The zero-order valence-electron chi connectivity index (χ0n) is 16.7. The number of aromatic nitrogens is 2. The molecule has 2 aliphatic rings. The molecule has 3 rings (SSSR count). The lowest BCUT2D eigenvalue weighted by Gasteiger charge is -2.40. The van der Waals surface area contributed by atoms with Crippen LogP contribution in [0, 0.1) is 5.92 Å². The van der Waals surface area contributed by atoms with Crippen LogP contribution in [0.15, 0.2) is 11.2 Å². The minimum Gasteiger partial charge on any atom is -0.353 e. The van der Waals surface area contributed by atoms with Gasteiger partial charge >= 0.3 is 0 Å². The largest absolute Gasteiger partial charge is 0.353 e. The van der Waals surface area contributed by atoms with Gasteiger partial charge in [-0.1, -0.05) is 23.4 Å². The third-order valence-electron chi connectivity index (χ3n) is 5.26. The summed E-state index contributed by atoms with van der Waals surface area (Å²) in [5.74, 6) is 1.65. The molecule has 1 aliphatic carbocycles. The molecular formula is C19H28ClN5O2S. The van der Waals surface area contributed by atoms with Gasteiger partial charge in [0.15, 0.2) is 5.16 Å². The summed E-state index contributed by atoms with van der Waals surface area (Å²) >= 11 is 7.53. The average molecular weight is 426 g/mol. The Morgan fingerprint density at radius 3 is 2.57 bits per heavy atom. The van der Waals surface area contributed by atoms with E-state index in [0.717, 1.165) is 25.2 Å². The van der Waals surface area contributed by atoms with E-state index in [4.69, 9.17) is 11.6 Å². The lowest BCUT2D eigenvalue weighted by molar-refractivity contribution is -0.135. The van der Waals surface area contributed by atoms with E-state index in [0.29, 0.717) is 48.1 Å². The summed E-state index contributed by atoms with van der Waals surface area (Å²) in [5.41, 5.74) is 0. The van der Waals surface area contributed by atoms with E-state index in [1.807, 2.05) is 18.7 Å². The Kier molecular flexibility index (Phi) is 7.04. The molecule has 1 aromatic heterocycles. The number of piperazine rings is 1. The van der Waals surface area contributed by atoms with E-state index < -0.39 is 0 Å². The van der Waals surface area contributed by atoms with Gasteiger partial charge in [-0.15, -0.1) is 0 Å². The maximum absolute atomic E-state index is 12.4. The summed E-state index contributed by atoms with van der Waals surface area (Å²) in [7, 11) is 0. The average Bonchev–Trinajstić information content (AvgIpc) is 3.51. The van der Waals surface area contributed by atoms with Crippen LogP contribution in [0.2, 0.25) is 5.15 Å². The third kappa shape index (κ3) is 5.08. The second-order valence-electron chi connectivity index (χ2n) is 7.29. The Hall–Kier alpha value is -1.54. The molecule has 0 bridgehead atoms. The number of carbonyl (C=O) groups excluding carboxylic acids is 2. The zero-order valence-corrected chi connectivity index (χ0v) is 18.3. The Bertz CT molecular complexity index is 726. The van der Waals surface area contributed by atoms with E-state index >= 15 is 0 Å². The van der Waals surface area contributed by atoms with Crippen molar-refractivity contribution in [3.63, 3.8) is 0 Å². The molecule has 7 nitrogen and oxygen atoms in total. The SMILES string of the molecule is CCN(CC)C(=O)CSc1nc(Cl)cc(N2CCN(C(=O)C3CC3)C(C)C2)n1. The maximum Gasteiger partial charge on any atom is 0.233 e. The summed E-state index contributed by atoms with van der Waals surface area (Å²) in [4.78, 5) is 39.4. The lowest BCUT2D eigenvalue weighted by atomic mass is 10.1. The normalized spacial score (nSPS) is 19.6. The van der Waals surface area contributed by atoms with Crippen molar-refractivity contribution in [1.29, 1.82) is 0 Å². The fraction of sp³-hybridized carbons (Fsp3) is 0.684. The smallest absolute Gasteiger partial charge is 0.233 e. The van der Waals surface area contributed by atoms with Gasteiger partial charge in [-0.3, -0.25) is 9.59 Å². The van der Waals surface area contributed by atoms with Crippen LogP contribution in [-0.2, 0) is 9.59 Å². The summed E-state index contributed by atoms with van der Waals surface area (Å²) in [6.07, 6.45) is 2.06. The fourth-order valence-electron chi connectivity index (χ4n) is 3.46. The quantitative estimate of drug-likeness (QED) is 0.380. The van der Waals surface area contributed by atoms with Crippen molar-refractivity contribution < 1.29 is 9.59 Å². The molecule has 154 valence electrons. The molecule has 1 unspecified atom stereocenters. The Morgan fingerprint density at radius 1 is 1.25 bits per heavy atom. The van der Waals surface area contributed by atoms with E-state index in [1.54, 1.807) is 11.0 Å². The molecule has 2 fully saturated rings. The zero-order chi connectivity index (χ0) is 20.3. The van der Waals surface area contributed by atoms with Gasteiger partial charge in [-0.05, 0) is 33.6 Å². The highest BCUT2D eigenvalue weighted by atomic mass is 35.5. The van der Waals surface area contributed by atoms with Crippen LogP contribution in [-0.4, -0.2) is 76.1 Å². The minimum absolute atomic E-state index is 0.0703. The van der Waals surface area contributed by atoms with Gasteiger partial charge < -0.3 is 14.7 Å². The van der Waals surface area contributed by atoms with Crippen molar-refractivity contribution in [2.45, 2.75) is 44.8 Å². The van der Waals surface area contributed by atoms with Crippen molar-refractivity contribution in [2.24, 2.45) is 5.92 Å². The first kappa shape index (κ1) is 21.2. The van der Waals surface area contributed by atoms with Gasteiger partial charge in [0.1, 0.15) is 11.0 Å². The second-order valence-corrected chi connectivity index (χ2v) is 8.62. The number of nitrogens with zero attached hydrogens (tertiary/aromatic N) is 5. The molecule has 1 aromatic rings. The highest BCUT2D eigenvalue weighted by Gasteiger charge is 2.37. The van der Waals surface area contributed by atoms with Gasteiger partial charge in [-0.25, -0.2) is 9.97 Å². The van der Waals surface area contributed by atoms with Crippen molar-refractivity contribution in [3.8, 4) is 0 Å². The molecule has 1 atom stereocenters. The molecule has 9 heteroatoms. The minimum atomic E-state index is 0.0703. The number of hydrogen-bond donors (Lipinski definition) is 0. The van der Waals surface area contributed by atoms with Crippen LogP contribution in [0.4, 0.5) is 5.82 Å². The molecule has 2 heterocycles. The first-order valence-corrected chi connectivity index (χ1v) is 11.3. The number of thioether (sulfide) groups is 1. The topological polar surface area (TPSA) is 69.6 Å². The van der Waals surface area contributed by atoms with E-state index in [9.17, 15) is 9.59 Å². The fourth-order valence-corrected chi connectivity index (χ4v) is 4.45. The monoisotopic (exact) mass is 425 g/mol. The maximum atomic E-state index is 12.4.